The number of fused-ring (bicyclic) bond motifs is 7. The van der Waals surface area contributed by atoms with E-state index < -0.39 is 7.82 Å². The quantitative estimate of drug-likeness (QED) is 0.228. The Labute approximate surface area is 265 Å². The largest absolute Gasteiger partial charge is 0.584 e. The number of phosphoric ester groups is 1. The van der Waals surface area contributed by atoms with Crippen LogP contribution in [0.2, 0.25) is 0 Å². The van der Waals surface area contributed by atoms with Gasteiger partial charge in [0, 0.05) is 22.3 Å². The van der Waals surface area contributed by atoms with Gasteiger partial charge < -0.3 is 18.5 Å². The molecule has 0 aromatic heterocycles. The van der Waals surface area contributed by atoms with Crippen LogP contribution in [0.4, 0.5) is 0 Å². The molecule has 1 aliphatic heterocycles. The summed E-state index contributed by atoms with van der Waals surface area (Å²) in [5, 5.41) is 0. The first-order valence-corrected chi connectivity index (χ1v) is 17.5. The predicted molar refractivity (Wildman–Crippen MR) is 179 cm³/mol. The molecule has 0 bridgehead atoms. The van der Waals surface area contributed by atoms with Crippen LogP contribution in [0.1, 0.15) is 70.2 Å². The summed E-state index contributed by atoms with van der Waals surface area (Å²) in [6.45, 7) is 8.24. The summed E-state index contributed by atoms with van der Waals surface area (Å²) in [6, 6.07) is 12.5. The van der Waals surface area contributed by atoms with Gasteiger partial charge >= 0.3 is 7.82 Å². The molecule has 1 heterocycles. The number of hydrogen-bond donors (Lipinski definition) is 1. The third kappa shape index (κ3) is 5.03. The van der Waals surface area contributed by atoms with Gasteiger partial charge in [-0.05, 0) is 171 Å². The van der Waals surface area contributed by atoms with Crippen molar-refractivity contribution in [2.75, 3.05) is 14.2 Å². The molecule has 1 N–H and O–H groups in total. The third-order valence-corrected chi connectivity index (χ3v) is 10.7. The lowest BCUT2D eigenvalue weighted by atomic mass is 9.76. The molecule has 234 valence electrons. The van der Waals surface area contributed by atoms with Crippen LogP contribution >= 0.6 is 7.82 Å². The Hall–Kier alpha value is -3.73. The number of methoxy groups -OCH3 is 2. The summed E-state index contributed by atoms with van der Waals surface area (Å²) < 4.78 is 37.8. The van der Waals surface area contributed by atoms with E-state index in [2.05, 4.69) is 39.8 Å². The molecule has 0 radical (unpaired) electrons. The van der Waals surface area contributed by atoms with Crippen molar-refractivity contribution in [2.45, 2.75) is 79.1 Å². The van der Waals surface area contributed by atoms with E-state index >= 15 is 0 Å². The van der Waals surface area contributed by atoms with E-state index in [9.17, 15) is 9.46 Å². The van der Waals surface area contributed by atoms with E-state index in [0.717, 1.165) is 119 Å². The molecule has 4 aromatic carbocycles. The van der Waals surface area contributed by atoms with Gasteiger partial charge in [0.05, 0.1) is 14.2 Å². The van der Waals surface area contributed by atoms with Gasteiger partial charge in [-0.25, -0.2) is 4.57 Å². The second-order valence-electron chi connectivity index (χ2n) is 12.9. The molecule has 45 heavy (non-hydrogen) atoms. The average molecular weight is 625 g/mol. The Morgan fingerprint density at radius 1 is 0.578 bits per heavy atom. The van der Waals surface area contributed by atoms with Crippen LogP contribution < -0.4 is 18.5 Å². The highest BCUT2D eigenvalue weighted by Crippen LogP contribution is 2.62. The number of ether oxygens (including phenoxy) is 2. The van der Waals surface area contributed by atoms with Crippen molar-refractivity contribution < 1.29 is 28.0 Å². The molecular weight excluding hydrogens is 583 g/mol. The van der Waals surface area contributed by atoms with E-state index in [-0.39, 0.29) is 0 Å². The summed E-state index contributed by atoms with van der Waals surface area (Å²) in [5.74, 6) is 2.46. The summed E-state index contributed by atoms with van der Waals surface area (Å²) in [5.41, 5.74) is 14.6. The molecule has 0 fully saturated rings. The van der Waals surface area contributed by atoms with Gasteiger partial charge in [0.15, 0.2) is 0 Å². The second-order valence-corrected chi connectivity index (χ2v) is 14.2. The van der Waals surface area contributed by atoms with Crippen LogP contribution in [-0.2, 0) is 30.2 Å². The number of benzene rings is 4. The van der Waals surface area contributed by atoms with Gasteiger partial charge in [0.25, 0.3) is 0 Å². The Bertz CT molecular complexity index is 1740. The van der Waals surface area contributed by atoms with Crippen LogP contribution in [-0.4, -0.2) is 19.1 Å². The molecule has 0 saturated heterocycles. The Morgan fingerprint density at radius 3 is 1.29 bits per heavy atom. The summed E-state index contributed by atoms with van der Waals surface area (Å²) in [6.07, 6.45) is 8.02. The zero-order valence-electron chi connectivity index (χ0n) is 27.1. The van der Waals surface area contributed by atoms with Crippen molar-refractivity contribution >= 4 is 7.82 Å². The van der Waals surface area contributed by atoms with E-state index in [4.69, 9.17) is 18.5 Å². The fourth-order valence-corrected chi connectivity index (χ4v) is 8.92. The lowest BCUT2D eigenvalue weighted by Gasteiger charge is -2.28. The normalized spacial score (nSPS) is 16.2. The lowest BCUT2D eigenvalue weighted by Crippen LogP contribution is -2.11. The van der Waals surface area contributed by atoms with Crippen molar-refractivity contribution in [3.05, 3.63) is 80.9 Å². The highest BCUT2D eigenvalue weighted by atomic mass is 31.2. The third-order valence-electron chi connectivity index (χ3n) is 9.89. The summed E-state index contributed by atoms with van der Waals surface area (Å²) in [4.78, 5) is 11.5. The number of rotatable bonds is 4. The van der Waals surface area contributed by atoms with Crippen molar-refractivity contribution in [1.29, 1.82) is 0 Å². The second kappa shape index (κ2) is 11.3. The monoisotopic (exact) mass is 624 g/mol. The first kappa shape index (κ1) is 30.0. The van der Waals surface area contributed by atoms with Gasteiger partial charge in [-0.2, -0.15) is 0 Å². The van der Waals surface area contributed by atoms with Crippen LogP contribution in [0.15, 0.2) is 36.4 Å². The van der Waals surface area contributed by atoms with Crippen molar-refractivity contribution in [1.82, 2.24) is 0 Å². The molecule has 4 aromatic rings. The standard InChI is InChI=1S/C38H41O6P/c1-21-15-27(41-5)16-22(2)33(21)31-19-25-11-7-9-13-29(25)35-36-30-14-10-8-12-26(30)20-32(38(36)44-45(39,40)43-37(31)35)34-23(3)17-28(42-6)18-24(34)4/h15-20H,7-14H2,1-6H3,(H,39,40). The van der Waals surface area contributed by atoms with E-state index in [1.54, 1.807) is 14.2 Å². The zero-order valence-corrected chi connectivity index (χ0v) is 28.0. The molecule has 0 unspecified atom stereocenters. The smallest absolute Gasteiger partial charge is 0.497 e. The van der Waals surface area contributed by atoms with Gasteiger partial charge in [0.2, 0.25) is 0 Å². The zero-order chi connectivity index (χ0) is 31.6. The molecule has 0 spiro atoms. The average Bonchev–Trinajstić information content (AvgIpc) is 3.13. The maximum atomic E-state index is 14.1. The molecule has 6 nitrogen and oxygen atoms in total. The van der Waals surface area contributed by atoms with Crippen LogP contribution in [0, 0.1) is 27.7 Å². The highest BCUT2D eigenvalue weighted by Gasteiger charge is 2.40. The van der Waals surface area contributed by atoms with Crippen molar-refractivity contribution in [2.24, 2.45) is 0 Å². The first-order chi connectivity index (χ1) is 21.6. The minimum absolute atomic E-state index is 0.449. The molecular formula is C38H41O6P. The maximum Gasteiger partial charge on any atom is 0.584 e. The van der Waals surface area contributed by atoms with Crippen LogP contribution in [0.5, 0.6) is 23.0 Å². The Balaban J connectivity index is 1.64. The molecule has 3 aliphatic rings. The van der Waals surface area contributed by atoms with Crippen molar-refractivity contribution in [3.63, 3.8) is 0 Å². The number of aryl methyl sites for hydroxylation is 6. The SMILES string of the molecule is COc1cc(C)c(-c2cc3c(c4c2OP(=O)(O)Oc2c(-c5c(C)cc(OC)cc5C)cc5c(c2-4)CCCC5)CCCC3)c(C)c1. The van der Waals surface area contributed by atoms with Crippen LogP contribution in [0.3, 0.4) is 0 Å². The molecule has 0 atom stereocenters. The summed E-state index contributed by atoms with van der Waals surface area (Å²) >= 11 is 0. The van der Waals surface area contributed by atoms with E-state index in [0.29, 0.717) is 11.5 Å². The highest BCUT2D eigenvalue weighted by molar-refractivity contribution is 7.48. The minimum Gasteiger partial charge on any atom is -0.497 e. The molecule has 0 amide bonds. The van der Waals surface area contributed by atoms with E-state index in [1.165, 1.54) is 22.3 Å². The molecule has 7 rings (SSSR count). The van der Waals surface area contributed by atoms with Gasteiger partial charge in [0.1, 0.15) is 23.0 Å². The van der Waals surface area contributed by atoms with Gasteiger partial charge in [-0.1, -0.05) is 0 Å². The molecule has 2 aliphatic carbocycles. The summed E-state index contributed by atoms with van der Waals surface area (Å²) in [7, 11) is -1.26. The van der Waals surface area contributed by atoms with Crippen LogP contribution in [0.25, 0.3) is 33.4 Å². The molecule has 0 saturated carbocycles. The van der Waals surface area contributed by atoms with Gasteiger partial charge in [-0.15, -0.1) is 0 Å². The maximum absolute atomic E-state index is 14.1. The molecule has 7 heteroatoms. The lowest BCUT2D eigenvalue weighted by molar-refractivity contribution is 0.295. The minimum atomic E-state index is -4.60. The fourth-order valence-electron chi connectivity index (χ4n) is 8.04. The topological polar surface area (TPSA) is 74.2 Å². The van der Waals surface area contributed by atoms with E-state index in [1.807, 2.05) is 24.3 Å². The Morgan fingerprint density at radius 2 is 0.933 bits per heavy atom. The fraction of sp³-hybridized carbons (Fsp3) is 0.368. The number of phosphoric acid groups is 1. The van der Waals surface area contributed by atoms with Gasteiger partial charge in [-0.3, -0.25) is 4.89 Å². The van der Waals surface area contributed by atoms with Crippen molar-refractivity contribution in [3.8, 4) is 56.4 Å². The Kier molecular flexibility index (Phi) is 7.49. The first-order valence-electron chi connectivity index (χ1n) is 16.0. The number of hydrogen-bond acceptors (Lipinski definition) is 5. The predicted octanol–water partition coefficient (Wildman–Crippen LogP) is 9.57.